The Kier molecular flexibility index (Phi) is 2.35. The normalized spacial score (nSPS) is 24.1. The van der Waals surface area contributed by atoms with Crippen molar-refractivity contribution in [1.82, 2.24) is 0 Å². The molecule has 92 valence electrons. The Labute approximate surface area is 98.0 Å². The highest BCUT2D eigenvalue weighted by molar-refractivity contribution is 5.57. The van der Waals surface area contributed by atoms with Crippen molar-refractivity contribution in [3.8, 4) is 0 Å². The van der Waals surface area contributed by atoms with E-state index < -0.39 is 11.7 Å². The van der Waals surface area contributed by atoms with Gasteiger partial charge in [-0.05, 0) is 48.8 Å². The molecule has 4 heteroatoms. The number of fused-ring (bicyclic) bond motifs is 1. The molecule has 1 atom stereocenters. The van der Waals surface area contributed by atoms with Crippen molar-refractivity contribution in [2.24, 2.45) is 5.92 Å². The maximum atomic E-state index is 12.6. The first-order valence-corrected chi connectivity index (χ1v) is 6.01. The van der Waals surface area contributed by atoms with Crippen LogP contribution in [0.25, 0.3) is 0 Å². The summed E-state index contributed by atoms with van der Waals surface area (Å²) in [5, 5.41) is 3.09. The molecular weight excluding hydrogens is 227 g/mol. The van der Waals surface area contributed by atoms with E-state index in [1.807, 2.05) is 0 Å². The summed E-state index contributed by atoms with van der Waals surface area (Å²) in [5.41, 5.74) is 1.20. The summed E-state index contributed by atoms with van der Waals surface area (Å²) in [7, 11) is 0. The lowest BCUT2D eigenvalue weighted by Gasteiger charge is -2.27. The third-order valence-corrected chi connectivity index (χ3v) is 3.74. The number of halogens is 3. The maximum absolute atomic E-state index is 12.6. The molecular formula is C13H14F3N. The predicted octanol–water partition coefficient (Wildman–Crippen LogP) is 4.01. The molecule has 1 heterocycles. The third-order valence-electron chi connectivity index (χ3n) is 3.74. The molecule has 17 heavy (non-hydrogen) atoms. The molecule has 1 saturated carbocycles. The van der Waals surface area contributed by atoms with E-state index in [-0.39, 0.29) is 0 Å². The van der Waals surface area contributed by atoms with Gasteiger partial charge < -0.3 is 5.32 Å². The largest absolute Gasteiger partial charge is 0.416 e. The minimum atomic E-state index is -4.25. The van der Waals surface area contributed by atoms with Gasteiger partial charge in [-0.3, -0.25) is 0 Å². The lowest BCUT2D eigenvalue weighted by Crippen LogP contribution is -2.19. The SMILES string of the molecule is FC(F)(F)c1ccc2c(c1)NCCC2C1CC1. The zero-order valence-electron chi connectivity index (χ0n) is 9.35. The number of rotatable bonds is 1. The molecule has 1 aliphatic carbocycles. The van der Waals surface area contributed by atoms with E-state index in [9.17, 15) is 13.2 Å². The molecule has 1 nitrogen and oxygen atoms in total. The van der Waals surface area contributed by atoms with Gasteiger partial charge in [0.2, 0.25) is 0 Å². The second kappa shape index (κ2) is 3.65. The molecule has 1 N–H and O–H groups in total. The second-order valence-corrected chi connectivity index (χ2v) is 4.96. The quantitative estimate of drug-likeness (QED) is 0.783. The van der Waals surface area contributed by atoms with Gasteiger partial charge in [-0.15, -0.1) is 0 Å². The zero-order valence-corrected chi connectivity index (χ0v) is 9.35. The number of hydrogen-bond donors (Lipinski definition) is 1. The Balaban J connectivity index is 1.97. The first kappa shape index (κ1) is 10.9. The Morgan fingerprint density at radius 1 is 1.12 bits per heavy atom. The number of nitrogens with one attached hydrogen (secondary N) is 1. The van der Waals surface area contributed by atoms with E-state index in [0.29, 0.717) is 17.5 Å². The summed E-state index contributed by atoms with van der Waals surface area (Å²) in [6.07, 6.45) is -0.747. The minimum absolute atomic E-state index is 0.466. The first-order chi connectivity index (χ1) is 8.05. The molecule has 0 saturated heterocycles. The van der Waals surface area contributed by atoms with Crippen molar-refractivity contribution in [2.75, 3.05) is 11.9 Å². The minimum Gasteiger partial charge on any atom is -0.385 e. The van der Waals surface area contributed by atoms with E-state index in [0.717, 1.165) is 18.5 Å². The van der Waals surface area contributed by atoms with Crippen LogP contribution in [0.4, 0.5) is 18.9 Å². The molecule has 0 amide bonds. The molecule has 0 radical (unpaired) electrons. The summed E-state index contributed by atoms with van der Waals surface area (Å²) < 4.78 is 37.8. The van der Waals surface area contributed by atoms with Gasteiger partial charge in [0.1, 0.15) is 0 Å². The predicted molar refractivity (Wildman–Crippen MR) is 60.0 cm³/mol. The highest BCUT2D eigenvalue weighted by Gasteiger charge is 2.37. The van der Waals surface area contributed by atoms with E-state index in [2.05, 4.69) is 5.32 Å². The molecule has 0 aromatic heterocycles. The molecule has 1 fully saturated rings. The second-order valence-electron chi connectivity index (χ2n) is 4.96. The van der Waals surface area contributed by atoms with Crippen molar-refractivity contribution in [1.29, 1.82) is 0 Å². The standard InChI is InChI=1S/C13H14F3N/c14-13(15,16)9-3-4-11-10(8-1-2-8)5-6-17-12(11)7-9/h3-4,7-8,10,17H,1-2,5-6H2. The van der Waals surface area contributed by atoms with Crippen molar-refractivity contribution in [3.63, 3.8) is 0 Å². The van der Waals surface area contributed by atoms with Crippen LogP contribution in [0.15, 0.2) is 18.2 Å². The van der Waals surface area contributed by atoms with Gasteiger partial charge in [0.05, 0.1) is 5.56 Å². The number of benzene rings is 1. The van der Waals surface area contributed by atoms with Gasteiger partial charge in [-0.25, -0.2) is 0 Å². The van der Waals surface area contributed by atoms with Crippen LogP contribution < -0.4 is 5.32 Å². The van der Waals surface area contributed by atoms with Crippen LogP contribution in [-0.2, 0) is 6.18 Å². The smallest absolute Gasteiger partial charge is 0.385 e. The Morgan fingerprint density at radius 2 is 1.88 bits per heavy atom. The Morgan fingerprint density at radius 3 is 2.53 bits per heavy atom. The van der Waals surface area contributed by atoms with Crippen LogP contribution in [0.1, 0.15) is 36.3 Å². The summed E-state index contributed by atoms with van der Waals surface area (Å²) >= 11 is 0. The van der Waals surface area contributed by atoms with Crippen molar-refractivity contribution < 1.29 is 13.2 Å². The molecule has 0 bridgehead atoms. The van der Waals surface area contributed by atoms with Crippen LogP contribution in [0.2, 0.25) is 0 Å². The van der Waals surface area contributed by atoms with Gasteiger partial charge >= 0.3 is 6.18 Å². The van der Waals surface area contributed by atoms with Gasteiger partial charge in [0.15, 0.2) is 0 Å². The Hall–Kier alpha value is -1.19. The van der Waals surface area contributed by atoms with Crippen LogP contribution in [0, 0.1) is 5.92 Å². The monoisotopic (exact) mass is 241 g/mol. The van der Waals surface area contributed by atoms with Crippen LogP contribution in [0.3, 0.4) is 0 Å². The maximum Gasteiger partial charge on any atom is 0.416 e. The van der Waals surface area contributed by atoms with Crippen LogP contribution in [0.5, 0.6) is 0 Å². The summed E-state index contributed by atoms with van der Waals surface area (Å²) in [6, 6.07) is 4.12. The van der Waals surface area contributed by atoms with E-state index in [1.54, 1.807) is 6.07 Å². The topological polar surface area (TPSA) is 12.0 Å². The molecule has 0 spiro atoms. The third kappa shape index (κ3) is 2.01. The first-order valence-electron chi connectivity index (χ1n) is 6.01. The fourth-order valence-corrected chi connectivity index (χ4v) is 2.72. The highest BCUT2D eigenvalue weighted by Crippen LogP contribution is 2.48. The Bertz CT molecular complexity index is 435. The van der Waals surface area contributed by atoms with Gasteiger partial charge in [-0.1, -0.05) is 6.07 Å². The van der Waals surface area contributed by atoms with Crippen molar-refractivity contribution >= 4 is 5.69 Å². The summed E-state index contributed by atoms with van der Waals surface area (Å²) in [4.78, 5) is 0. The number of anilines is 1. The molecule has 1 aromatic carbocycles. The average molecular weight is 241 g/mol. The zero-order chi connectivity index (χ0) is 12.0. The summed E-state index contributed by atoms with van der Waals surface area (Å²) in [6.45, 7) is 0.787. The van der Waals surface area contributed by atoms with Gasteiger partial charge in [0, 0.05) is 12.2 Å². The number of hydrogen-bond acceptors (Lipinski definition) is 1. The van der Waals surface area contributed by atoms with Gasteiger partial charge in [-0.2, -0.15) is 13.2 Å². The van der Waals surface area contributed by atoms with Crippen molar-refractivity contribution in [2.45, 2.75) is 31.4 Å². The average Bonchev–Trinajstić information content (AvgIpc) is 3.10. The molecule has 3 rings (SSSR count). The molecule has 2 aliphatic rings. The molecule has 1 unspecified atom stereocenters. The number of alkyl halides is 3. The van der Waals surface area contributed by atoms with Gasteiger partial charge in [0.25, 0.3) is 0 Å². The van der Waals surface area contributed by atoms with E-state index >= 15 is 0 Å². The highest BCUT2D eigenvalue weighted by atomic mass is 19.4. The van der Waals surface area contributed by atoms with E-state index in [1.165, 1.54) is 25.0 Å². The summed E-state index contributed by atoms with van der Waals surface area (Å²) in [5.74, 6) is 1.17. The molecule has 1 aromatic rings. The van der Waals surface area contributed by atoms with E-state index in [4.69, 9.17) is 0 Å². The van der Waals surface area contributed by atoms with Crippen molar-refractivity contribution in [3.05, 3.63) is 29.3 Å². The fraction of sp³-hybridized carbons (Fsp3) is 0.538. The van der Waals surface area contributed by atoms with Crippen LogP contribution in [-0.4, -0.2) is 6.54 Å². The molecule has 1 aliphatic heterocycles. The van der Waals surface area contributed by atoms with Crippen LogP contribution >= 0.6 is 0 Å². The fourth-order valence-electron chi connectivity index (χ4n) is 2.72. The lowest BCUT2D eigenvalue weighted by molar-refractivity contribution is -0.137. The lowest BCUT2D eigenvalue weighted by atomic mass is 9.86.